The number of benzene rings is 1. The number of allylic oxidation sites excluding steroid dienone is 2. The van der Waals surface area contributed by atoms with E-state index in [-0.39, 0.29) is 4.99 Å². The molecule has 0 radical (unpaired) electrons. The predicted octanol–water partition coefficient (Wildman–Crippen LogP) is 3.87. The molecule has 1 fully saturated rings. The molecule has 5 heteroatoms. The molecule has 3 aliphatic rings. The summed E-state index contributed by atoms with van der Waals surface area (Å²) in [6.45, 7) is 3.54. The van der Waals surface area contributed by atoms with Crippen molar-refractivity contribution in [3.05, 3.63) is 64.1 Å². The number of fused-ring (bicyclic) bond motifs is 1. The van der Waals surface area contributed by atoms with Crippen LogP contribution in [0.3, 0.4) is 0 Å². The Labute approximate surface area is 143 Å². The number of thioether (sulfide) groups is 1. The van der Waals surface area contributed by atoms with Crippen LogP contribution in [0.5, 0.6) is 0 Å². The zero-order valence-electron chi connectivity index (χ0n) is 12.1. The number of morpholine rings is 1. The summed E-state index contributed by atoms with van der Waals surface area (Å²) in [7, 11) is 0. The third kappa shape index (κ3) is 2.36. The van der Waals surface area contributed by atoms with Crippen molar-refractivity contribution in [1.82, 2.24) is 9.80 Å². The van der Waals surface area contributed by atoms with Crippen LogP contribution in [0, 0.1) is 0 Å². The van der Waals surface area contributed by atoms with Crippen LogP contribution < -0.4 is 0 Å². The fourth-order valence-corrected chi connectivity index (χ4v) is 4.66. The molecule has 1 aromatic carbocycles. The smallest absolute Gasteiger partial charge is 0.169 e. The number of rotatable bonds is 2. The summed E-state index contributed by atoms with van der Waals surface area (Å²) in [6, 6.07) is 8.52. The first-order chi connectivity index (χ1) is 10.8. The lowest BCUT2D eigenvalue weighted by molar-refractivity contribution is -0.00482. The predicted molar refractivity (Wildman–Crippen MR) is 95.0 cm³/mol. The van der Waals surface area contributed by atoms with Crippen LogP contribution in [0.25, 0.3) is 5.70 Å². The van der Waals surface area contributed by atoms with E-state index in [4.69, 9.17) is 4.74 Å². The zero-order valence-corrected chi connectivity index (χ0v) is 14.5. The molecule has 0 N–H and O–H groups in total. The van der Waals surface area contributed by atoms with Crippen molar-refractivity contribution in [3.8, 4) is 0 Å². The highest BCUT2D eigenvalue weighted by molar-refractivity contribution is 9.10. The molecule has 0 unspecified atom stereocenters. The van der Waals surface area contributed by atoms with Gasteiger partial charge in [-0.25, -0.2) is 0 Å². The molecule has 0 aromatic heterocycles. The highest BCUT2D eigenvalue weighted by Gasteiger charge is 2.46. The van der Waals surface area contributed by atoms with Gasteiger partial charge in [-0.3, -0.25) is 4.90 Å². The minimum Gasteiger partial charge on any atom is -0.379 e. The van der Waals surface area contributed by atoms with Crippen LogP contribution in [0.1, 0.15) is 5.56 Å². The third-order valence-corrected chi connectivity index (χ3v) is 6.02. The number of nitrogens with zero attached hydrogens (tertiary/aromatic N) is 2. The van der Waals surface area contributed by atoms with Crippen molar-refractivity contribution < 1.29 is 4.74 Å². The van der Waals surface area contributed by atoms with E-state index in [1.54, 1.807) is 0 Å². The average molecular weight is 377 g/mol. The van der Waals surface area contributed by atoms with Gasteiger partial charge in [-0.05, 0) is 35.3 Å². The summed E-state index contributed by atoms with van der Waals surface area (Å²) in [5, 5.41) is 2.28. The van der Waals surface area contributed by atoms with Gasteiger partial charge in [-0.15, -0.1) is 0 Å². The number of hydrogen-bond acceptors (Lipinski definition) is 4. The molecule has 0 saturated carbocycles. The first-order valence-corrected chi connectivity index (χ1v) is 9.09. The van der Waals surface area contributed by atoms with Gasteiger partial charge in [-0.2, -0.15) is 0 Å². The van der Waals surface area contributed by atoms with Crippen LogP contribution in [-0.4, -0.2) is 41.1 Å². The maximum atomic E-state index is 5.53. The molecule has 0 aliphatic carbocycles. The van der Waals surface area contributed by atoms with Crippen molar-refractivity contribution in [2.45, 2.75) is 4.99 Å². The Morgan fingerprint density at radius 2 is 1.86 bits per heavy atom. The molecule has 1 saturated heterocycles. The van der Waals surface area contributed by atoms with E-state index in [1.165, 1.54) is 11.3 Å². The minimum absolute atomic E-state index is 0.138. The Morgan fingerprint density at radius 3 is 2.64 bits per heavy atom. The summed E-state index contributed by atoms with van der Waals surface area (Å²) in [6.07, 6.45) is 8.74. The number of hydrogen-bond donors (Lipinski definition) is 0. The second kappa shape index (κ2) is 5.89. The topological polar surface area (TPSA) is 15.7 Å². The lowest BCUT2D eigenvalue weighted by Gasteiger charge is -2.47. The first kappa shape index (κ1) is 14.6. The molecule has 1 aromatic rings. The highest BCUT2D eigenvalue weighted by atomic mass is 79.9. The van der Waals surface area contributed by atoms with Crippen molar-refractivity contribution in [2.24, 2.45) is 0 Å². The Bertz CT molecular complexity index is 649. The van der Waals surface area contributed by atoms with E-state index >= 15 is 0 Å². The van der Waals surface area contributed by atoms with Gasteiger partial charge in [0.1, 0.15) is 0 Å². The molecule has 0 amide bonds. The van der Waals surface area contributed by atoms with Gasteiger partial charge in [0.15, 0.2) is 4.99 Å². The summed E-state index contributed by atoms with van der Waals surface area (Å²) in [4.78, 5) is 4.75. The first-order valence-electron chi connectivity index (χ1n) is 7.42. The minimum atomic E-state index is -0.138. The van der Waals surface area contributed by atoms with Gasteiger partial charge >= 0.3 is 0 Å². The largest absolute Gasteiger partial charge is 0.379 e. The maximum absolute atomic E-state index is 5.53. The fourth-order valence-electron chi connectivity index (χ4n) is 3.10. The van der Waals surface area contributed by atoms with Gasteiger partial charge < -0.3 is 9.64 Å². The molecule has 3 nitrogen and oxygen atoms in total. The second-order valence-corrected chi connectivity index (χ2v) is 7.44. The fraction of sp³-hybridized carbons (Fsp3) is 0.294. The zero-order chi connectivity index (χ0) is 15.0. The SMILES string of the molecule is Brc1ccc(C2=CS[C@]3(N4CCOCC4)C=CC=CN23)cc1. The van der Waals surface area contributed by atoms with Crippen LogP contribution in [-0.2, 0) is 4.74 Å². The monoisotopic (exact) mass is 376 g/mol. The Morgan fingerprint density at radius 1 is 1.09 bits per heavy atom. The van der Waals surface area contributed by atoms with E-state index in [0.717, 1.165) is 30.8 Å². The van der Waals surface area contributed by atoms with E-state index in [1.807, 2.05) is 11.8 Å². The molecular weight excluding hydrogens is 360 g/mol. The van der Waals surface area contributed by atoms with Gasteiger partial charge in [0, 0.05) is 23.8 Å². The average Bonchev–Trinajstić information content (AvgIpc) is 2.97. The summed E-state index contributed by atoms with van der Waals surface area (Å²) in [5.74, 6) is 0. The molecule has 4 rings (SSSR count). The number of ether oxygens (including phenoxy) is 1. The van der Waals surface area contributed by atoms with Crippen molar-refractivity contribution in [3.63, 3.8) is 0 Å². The van der Waals surface area contributed by atoms with Crippen molar-refractivity contribution >= 4 is 33.4 Å². The Kier molecular flexibility index (Phi) is 3.90. The van der Waals surface area contributed by atoms with Gasteiger partial charge in [0.25, 0.3) is 0 Å². The lowest BCUT2D eigenvalue weighted by atomic mass is 10.1. The Hall–Kier alpha value is -1.01. The highest BCUT2D eigenvalue weighted by Crippen LogP contribution is 2.49. The third-order valence-electron chi connectivity index (χ3n) is 4.21. The molecule has 3 heterocycles. The normalized spacial score (nSPS) is 27.9. The van der Waals surface area contributed by atoms with E-state index < -0.39 is 0 Å². The van der Waals surface area contributed by atoms with Crippen LogP contribution in [0.15, 0.2) is 58.6 Å². The van der Waals surface area contributed by atoms with Crippen LogP contribution in [0.4, 0.5) is 0 Å². The van der Waals surface area contributed by atoms with Crippen molar-refractivity contribution in [2.75, 3.05) is 26.3 Å². The Balaban J connectivity index is 1.68. The van der Waals surface area contributed by atoms with Gasteiger partial charge in [0.05, 0.1) is 18.9 Å². The molecular formula is C17H17BrN2OS. The van der Waals surface area contributed by atoms with Gasteiger partial charge in [0.2, 0.25) is 0 Å². The van der Waals surface area contributed by atoms with Crippen LogP contribution in [0.2, 0.25) is 0 Å². The maximum Gasteiger partial charge on any atom is 0.169 e. The van der Waals surface area contributed by atoms with Gasteiger partial charge in [-0.1, -0.05) is 45.9 Å². The summed E-state index contributed by atoms with van der Waals surface area (Å²) >= 11 is 5.38. The van der Waals surface area contributed by atoms with Crippen molar-refractivity contribution in [1.29, 1.82) is 0 Å². The summed E-state index contributed by atoms with van der Waals surface area (Å²) in [5.41, 5.74) is 2.50. The van der Waals surface area contributed by atoms with E-state index in [2.05, 4.69) is 79.8 Å². The number of halogens is 1. The molecule has 114 valence electrons. The quantitative estimate of drug-likeness (QED) is 0.777. The molecule has 0 spiro atoms. The molecule has 1 atom stereocenters. The van der Waals surface area contributed by atoms with E-state index in [9.17, 15) is 0 Å². The molecule has 0 bridgehead atoms. The lowest BCUT2D eigenvalue weighted by Crippen LogP contribution is -2.56. The molecule has 3 aliphatic heterocycles. The molecule has 22 heavy (non-hydrogen) atoms. The summed E-state index contributed by atoms with van der Waals surface area (Å²) < 4.78 is 6.63. The standard InChI is InChI=1S/C17H17BrN2OS/c18-15-5-3-14(4-6-15)16-13-22-17(7-1-2-8-20(16)17)19-9-11-21-12-10-19/h1-8,13H,9-12H2/t17-/m0/s1. The second-order valence-electron chi connectivity index (χ2n) is 5.46. The van der Waals surface area contributed by atoms with E-state index in [0.29, 0.717) is 0 Å². The van der Waals surface area contributed by atoms with Crippen LogP contribution >= 0.6 is 27.7 Å².